The number of aromatic nitrogens is 2. The lowest BCUT2D eigenvalue weighted by molar-refractivity contribution is 0.308. The molecule has 1 heterocycles. The number of aryl methyl sites for hydroxylation is 1. The SMILES string of the molecule is NCCCc1cnn(CC2CCCCC2)c1. The zero-order chi connectivity index (χ0) is 11.2. The molecule has 3 nitrogen and oxygen atoms in total. The van der Waals surface area contributed by atoms with Crippen LogP contribution in [0, 0.1) is 5.92 Å². The van der Waals surface area contributed by atoms with Crippen LogP contribution in [0.3, 0.4) is 0 Å². The van der Waals surface area contributed by atoms with E-state index in [4.69, 9.17) is 5.73 Å². The highest BCUT2D eigenvalue weighted by atomic mass is 15.3. The van der Waals surface area contributed by atoms with Gasteiger partial charge in [-0.25, -0.2) is 0 Å². The first-order chi connectivity index (χ1) is 7.88. The zero-order valence-corrected chi connectivity index (χ0v) is 10.1. The van der Waals surface area contributed by atoms with E-state index < -0.39 is 0 Å². The summed E-state index contributed by atoms with van der Waals surface area (Å²) in [5.41, 5.74) is 6.84. The molecule has 0 radical (unpaired) electrons. The van der Waals surface area contributed by atoms with Crippen LogP contribution in [0.2, 0.25) is 0 Å². The minimum atomic E-state index is 0.772. The van der Waals surface area contributed by atoms with E-state index in [1.807, 2.05) is 6.20 Å². The fraction of sp³-hybridized carbons (Fsp3) is 0.769. The van der Waals surface area contributed by atoms with E-state index in [9.17, 15) is 0 Å². The Balaban J connectivity index is 1.81. The van der Waals surface area contributed by atoms with Crippen molar-refractivity contribution in [3.63, 3.8) is 0 Å². The average molecular weight is 221 g/mol. The van der Waals surface area contributed by atoms with Crippen molar-refractivity contribution >= 4 is 0 Å². The van der Waals surface area contributed by atoms with Crippen LogP contribution in [0.4, 0.5) is 0 Å². The van der Waals surface area contributed by atoms with Crippen LogP contribution < -0.4 is 5.73 Å². The van der Waals surface area contributed by atoms with Crippen LogP contribution in [0.5, 0.6) is 0 Å². The van der Waals surface area contributed by atoms with Gasteiger partial charge in [0.15, 0.2) is 0 Å². The van der Waals surface area contributed by atoms with Gasteiger partial charge in [-0.3, -0.25) is 4.68 Å². The molecule has 1 saturated carbocycles. The Morgan fingerprint density at radius 3 is 2.88 bits per heavy atom. The molecule has 90 valence electrons. The summed E-state index contributed by atoms with van der Waals surface area (Å²) < 4.78 is 2.13. The van der Waals surface area contributed by atoms with Crippen molar-refractivity contribution in [3.8, 4) is 0 Å². The second-order valence-electron chi connectivity index (χ2n) is 4.97. The third-order valence-electron chi connectivity index (χ3n) is 3.53. The Morgan fingerprint density at radius 2 is 2.12 bits per heavy atom. The van der Waals surface area contributed by atoms with E-state index in [1.54, 1.807) is 0 Å². The lowest BCUT2D eigenvalue weighted by Crippen LogP contribution is -2.14. The lowest BCUT2D eigenvalue weighted by Gasteiger charge is -2.21. The Labute approximate surface area is 98.0 Å². The Morgan fingerprint density at radius 1 is 1.31 bits per heavy atom. The van der Waals surface area contributed by atoms with E-state index >= 15 is 0 Å². The fourth-order valence-electron chi connectivity index (χ4n) is 2.58. The predicted octanol–water partition coefficient (Wildman–Crippen LogP) is 2.35. The van der Waals surface area contributed by atoms with Gasteiger partial charge < -0.3 is 5.73 Å². The van der Waals surface area contributed by atoms with Crippen molar-refractivity contribution in [2.75, 3.05) is 6.54 Å². The molecule has 16 heavy (non-hydrogen) atoms. The van der Waals surface area contributed by atoms with Gasteiger partial charge in [0.1, 0.15) is 0 Å². The highest BCUT2D eigenvalue weighted by molar-refractivity contribution is 5.03. The van der Waals surface area contributed by atoms with Crippen molar-refractivity contribution < 1.29 is 0 Å². The van der Waals surface area contributed by atoms with Crippen molar-refractivity contribution in [1.82, 2.24) is 9.78 Å². The first kappa shape index (κ1) is 11.6. The van der Waals surface area contributed by atoms with Gasteiger partial charge in [0.25, 0.3) is 0 Å². The van der Waals surface area contributed by atoms with Crippen LogP contribution in [0.25, 0.3) is 0 Å². The third kappa shape index (κ3) is 3.34. The van der Waals surface area contributed by atoms with Gasteiger partial charge in [0, 0.05) is 12.7 Å². The molecular formula is C13H23N3. The van der Waals surface area contributed by atoms with Gasteiger partial charge in [-0.05, 0) is 43.7 Å². The van der Waals surface area contributed by atoms with E-state index in [1.165, 1.54) is 37.7 Å². The molecular weight excluding hydrogens is 198 g/mol. The second kappa shape index (κ2) is 6.04. The minimum Gasteiger partial charge on any atom is -0.330 e. The third-order valence-corrected chi connectivity index (χ3v) is 3.53. The van der Waals surface area contributed by atoms with Gasteiger partial charge in [-0.2, -0.15) is 5.10 Å². The summed E-state index contributed by atoms with van der Waals surface area (Å²) in [7, 11) is 0. The van der Waals surface area contributed by atoms with Crippen molar-refractivity contribution in [1.29, 1.82) is 0 Å². The number of rotatable bonds is 5. The van der Waals surface area contributed by atoms with Gasteiger partial charge in [0.2, 0.25) is 0 Å². The van der Waals surface area contributed by atoms with Gasteiger partial charge in [-0.1, -0.05) is 19.3 Å². The van der Waals surface area contributed by atoms with Crippen molar-refractivity contribution in [2.45, 2.75) is 51.5 Å². The summed E-state index contributed by atoms with van der Waals surface area (Å²) in [6.45, 7) is 1.89. The summed E-state index contributed by atoms with van der Waals surface area (Å²) in [6.07, 6.45) is 13.4. The zero-order valence-electron chi connectivity index (χ0n) is 10.1. The molecule has 1 aromatic heterocycles. The maximum atomic E-state index is 5.51. The van der Waals surface area contributed by atoms with Crippen molar-refractivity contribution in [3.05, 3.63) is 18.0 Å². The van der Waals surface area contributed by atoms with Gasteiger partial charge >= 0.3 is 0 Å². The molecule has 2 N–H and O–H groups in total. The highest BCUT2D eigenvalue weighted by Crippen LogP contribution is 2.24. The summed E-state index contributed by atoms with van der Waals surface area (Å²) in [5.74, 6) is 0.857. The van der Waals surface area contributed by atoms with Crippen LogP contribution in [-0.4, -0.2) is 16.3 Å². The van der Waals surface area contributed by atoms with E-state index in [0.29, 0.717) is 0 Å². The number of nitrogens with zero attached hydrogens (tertiary/aromatic N) is 2. The monoisotopic (exact) mass is 221 g/mol. The van der Waals surface area contributed by atoms with Gasteiger partial charge in [-0.15, -0.1) is 0 Å². The van der Waals surface area contributed by atoms with Crippen LogP contribution in [0.1, 0.15) is 44.1 Å². The standard InChI is InChI=1S/C13H23N3/c14-8-4-7-13-9-15-16(11-13)10-12-5-2-1-3-6-12/h9,11-12H,1-8,10,14H2. The number of nitrogens with two attached hydrogens (primary N) is 1. The minimum absolute atomic E-state index is 0.772. The second-order valence-corrected chi connectivity index (χ2v) is 4.97. The van der Waals surface area contributed by atoms with Crippen molar-refractivity contribution in [2.24, 2.45) is 11.7 Å². The topological polar surface area (TPSA) is 43.8 Å². The average Bonchev–Trinajstić information content (AvgIpc) is 2.75. The maximum Gasteiger partial charge on any atom is 0.0521 e. The molecule has 0 atom stereocenters. The first-order valence-electron chi connectivity index (χ1n) is 6.60. The molecule has 0 aromatic carbocycles. The fourth-order valence-corrected chi connectivity index (χ4v) is 2.58. The Kier molecular flexibility index (Phi) is 4.40. The van der Waals surface area contributed by atoms with Crippen LogP contribution >= 0.6 is 0 Å². The predicted molar refractivity (Wildman–Crippen MR) is 66.2 cm³/mol. The molecule has 1 aliphatic rings. The molecule has 1 aliphatic carbocycles. The summed E-state index contributed by atoms with van der Waals surface area (Å²) in [5, 5.41) is 4.44. The lowest BCUT2D eigenvalue weighted by atomic mass is 9.89. The molecule has 0 unspecified atom stereocenters. The van der Waals surface area contributed by atoms with E-state index in [0.717, 1.165) is 31.8 Å². The summed E-state index contributed by atoms with van der Waals surface area (Å²) >= 11 is 0. The molecule has 0 amide bonds. The number of hydrogen-bond donors (Lipinski definition) is 1. The molecule has 0 saturated heterocycles. The summed E-state index contributed by atoms with van der Waals surface area (Å²) in [6, 6.07) is 0. The maximum absolute atomic E-state index is 5.51. The van der Waals surface area contributed by atoms with Gasteiger partial charge in [0.05, 0.1) is 6.20 Å². The van der Waals surface area contributed by atoms with E-state index in [-0.39, 0.29) is 0 Å². The molecule has 2 rings (SSSR count). The Hall–Kier alpha value is -0.830. The van der Waals surface area contributed by atoms with Crippen LogP contribution in [0.15, 0.2) is 12.4 Å². The van der Waals surface area contributed by atoms with E-state index in [2.05, 4.69) is 16.0 Å². The largest absolute Gasteiger partial charge is 0.330 e. The molecule has 0 aliphatic heterocycles. The molecule has 3 heteroatoms. The number of hydrogen-bond acceptors (Lipinski definition) is 2. The Bertz CT molecular complexity index is 300. The summed E-state index contributed by atoms with van der Waals surface area (Å²) in [4.78, 5) is 0. The van der Waals surface area contributed by atoms with Crippen LogP contribution in [-0.2, 0) is 13.0 Å². The molecule has 1 aromatic rings. The highest BCUT2D eigenvalue weighted by Gasteiger charge is 2.14. The first-order valence-corrected chi connectivity index (χ1v) is 6.60. The smallest absolute Gasteiger partial charge is 0.0521 e. The normalized spacial score (nSPS) is 17.8. The molecule has 1 fully saturated rings. The molecule has 0 spiro atoms. The molecule has 0 bridgehead atoms. The quantitative estimate of drug-likeness (QED) is 0.829.